The van der Waals surface area contributed by atoms with E-state index in [1.807, 2.05) is 30.3 Å². The van der Waals surface area contributed by atoms with Crippen molar-refractivity contribution in [2.45, 2.75) is 136 Å². The fourth-order valence-corrected chi connectivity index (χ4v) is 6.47. The van der Waals surface area contributed by atoms with E-state index >= 15 is 0 Å². The van der Waals surface area contributed by atoms with E-state index in [0.29, 0.717) is 0 Å². The second-order valence-corrected chi connectivity index (χ2v) is 14.2. The molecule has 46 heavy (non-hydrogen) atoms. The predicted octanol–water partition coefficient (Wildman–Crippen LogP) is 7.86. The van der Waals surface area contributed by atoms with E-state index in [0.717, 1.165) is 18.4 Å². The Morgan fingerprint density at radius 3 is 2.04 bits per heavy atom. The number of aliphatic hydroxyl groups excluding tert-OH is 1. The number of ether oxygens (including phenoxy) is 2. The van der Waals surface area contributed by atoms with Gasteiger partial charge in [0.2, 0.25) is 0 Å². The van der Waals surface area contributed by atoms with Gasteiger partial charge in [-0.05, 0) is 25.0 Å². The number of nitrogen functional groups attached to an aromatic ring is 1. The first kappa shape index (κ1) is 40.1. The number of rotatable bonds is 29. The van der Waals surface area contributed by atoms with Crippen LogP contribution in [0.1, 0.15) is 116 Å². The van der Waals surface area contributed by atoms with Crippen LogP contribution >= 0.6 is 7.60 Å². The molecule has 10 nitrogen and oxygen atoms in total. The Morgan fingerprint density at radius 1 is 0.848 bits per heavy atom. The van der Waals surface area contributed by atoms with Crippen molar-refractivity contribution in [1.82, 2.24) is 9.55 Å². The number of aromatic nitrogens is 2. The summed E-state index contributed by atoms with van der Waals surface area (Å²) in [4.78, 5) is 15.8. The Bertz CT molecular complexity index is 1130. The molecular formula is C35H60N3O7P. The minimum Gasteiger partial charge on any atom is -0.394 e. The van der Waals surface area contributed by atoms with Crippen molar-refractivity contribution in [3.63, 3.8) is 0 Å². The molecule has 0 bridgehead atoms. The lowest BCUT2D eigenvalue weighted by atomic mass is 10.0. The minimum atomic E-state index is -3.72. The highest BCUT2D eigenvalue weighted by molar-refractivity contribution is 7.53. The van der Waals surface area contributed by atoms with Crippen LogP contribution in [0.25, 0.3) is 0 Å². The van der Waals surface area contributed by atoms with Crippen molar-refractivity contribution in [3.8, 4) is 0 Å². The van der Waals surface area contributed by atoms with Crippen molar-refractivity contribution < 1.29 is 28.2 Å². The van der Waals surface area contributed by atoms with Gasteiger partial charge in [0.1, 0.15) is 12.2 Å². The van der Waals surface area contributed by atoms with Gasteiger partial charge >= 0.3 is 13.3 Å². The standard InChI is InChI=1S/C35H60N3O7P/c1-3-4-5-6-7-8-9-10-11-12-13-14-15-17-20-31(2)42-25-26-44-46(41,45-29-32-21-18-16-19-22-32)30-43-33(28-39)27-38-24-23-34(36)37-35(38)40/h16,18-19,21-24,31,33,39H,3-15,17,20,25-30H2,1-2H3,(H2,36,37,40)/t31?,33-,46-/m1/s1. The lowest BCUT2D eigenvalue weighted by Crippen LogP contribution is -2.32. The molecule has 0 amide bonds. The Morgan fingerprint density at radius 2 is 1.46 bits per heavy atom. The summed E-state index contributed by atoms with van der Waals surface area (Å²) in [7, 11) is -3.72. The number of unbranched alkanes of at least 4 members (excludes halogenated alkanes) is 13. The number of hydrogen-bond acceptors (Lipinski definition) is 9. The van der Waals surface area contributed by atoms with Crippen LogP contribution < -0.4 is 11.4 Å². The maximum atomic E-state index is 13.6. The molecule has 1 heterocycles. The highest BCUT2D eigenvalue weighted by Gasteiger charge is 2.28. The van der Waals surface area contributed by atoms with E-state index in [1.165, 1.54) is 100 Å². The third-order valence-electron chi connectivity index (χ3n) is 7.98. The molecule has 0 spiro atoms. The quantitative estimate of drug-likeness (QED) is 0.0657. The molecule has 0 radical (unpaired) electrons. The maximum Gasteiger partial charge on any atom is 0.356 e. The number of hydrogen-bond donors (Lipinski definition) is 2. The van der Waals surface area contributed by atoms with Crippen LogP contribution in [0.4, 0.5) is 5.82 Å². The van der Waals surface area contributed by atoms with Crippen molar-refractivity contribution in [2.24, 2.45) is 0 Å². The molecule has 2 rings (SSSR count). The molecule has 0 saturated heterocycles. The molecule has 2 aromatic rings. The second-order valence-electron chi connectivity index (χ2n) is 12.2. The van der Waals surface area contributed by atoms with Crippen LogP contribution in [-0.2, 0) is 36.2 Å². The molecular weight excluding hydrogens is 605 g/mol. The largest absolute Gasteiger partial charge is 0.394 e. The summed E-state index contributed by atoms with van der Waals surface area (Å²) in [5.41, 5.74) is 5.82. The van der Waals surface area contributed by atoms with Gasteiger partial charge in [-0.2, -0.15) is 4.98 Å². The first-order valence-electron chi connectivity index (χ1n) is 17.4. The summed E-state index contributed by atoms with van der Waals surface area (Å²) in [5.74, 6) is 0.103. The fourth-order valence-electron chi connectivity index (χ4n) is 5.15. The molecule has 0 fully saturated rings. The van der Waals surface area contributed by atoms with E-state index < -0.39 is 32.3 Å². The van der Waals surface area contributed by atoms with E-state index in [2.05, 4.69) is 18.8 Å². The first-order chi connectivity index (χ1) is 22.3. The van der Waals surface area contributed by atoms with Crippen LogP contribution in [-0.4, -0.2) is 53.0 Å². The molecule has 3 atom stereocenters. The van der Waals surface area contributed by atoms with Gasteiger partial charge in [0, 0.05) is 6.20 Å². The molecule has 3 N–H and O–H groups in total. The molecule has 1 aromatic heterocycles. The van der Waals surface area contributed by atoms with Crippen LogP contribution in [0.2, 0.25) is 0 Å². The molecule has 262 valence electrons. The monoisotopic (exact) mass is 665 g/mol. The third kappa shape index (κ3) is 18.9. The van der Waals surface area contributed by atoms with Crippen molar-refractivity contribution >= 4 is 13.4 Å². The normalized spacial score (nSPS) is 14.2. The van der Waals surface area contributed by atoms with Gasteiger partial charge in [0.25, 0.3) is 0 Å². The summed E-state index contributed by atoms with van der Waals surface area (Å²) >= 11 is 0. The highest BCUT2D eigenvalue weighted by atomic mass is 31.2. The topological polar surface area (TPSA) is 135 Å². The molecule has 0 aliphatic carbocycles. The zero-order valence-corrected chi connectivity index (χ0v) is 29.3. The SMILES string of the molecule is CCCCCCCCCCCCCCCCC(C)OCCO[P@](=O)(CO[C@@H](CO)Cn1ccc(N)nc1=O)OCc1ccccc1. The van der Waals surface area contributed by atoms with E-state index in [9.17, 15) is 14.5 Å². The fraction of sp³-hybridized carbons (Fsp3) is 0.714. The third-order valence-corrected chi connectivity index (χ3v) is 9.54. The van der Waals surface area contributed by atoms with Gasteiger partial charge in [-0.25, -0.2) is 4.79 Å². The Hall–Kier alpha value is -2.07. The Kier molecular flexibility index (Phi) is 21.8. The van der Waals surface area contributed by atoms with Gasteiger partial charge < -0.3 is 29.4 Å². The van der Waals surface area contributed by atoms with Crippen LogP contribution in [0.5, 0.6) is 0 Å². The summed E-state index contributed by atoms with van der Waals surface area (Å²) in [6, 6.07) is 10.8. The van der Waals surface area contributed by atoms with Gasteiger partial charge in [0.15, 0.2) is 0 Å². The van der Waals surface area contributed by atoms with Gasteiger partial charge in [-0.3, -0.25) is 9.13 Å². The van der Waals surface area contributed by atoms with Crippen LogP contribution in [0, 0.1) is 0 Å². The number of nitrogens with zero attached hydrogens (tertiary/aromatic N) is 2. The molecule has 11 heteroatoms. The molecule has 0 aliphatic heterocycles. The maximum absolute atomic E-state index is 13.6. The van der Waals surface area contributed by atoms with Crippen LogP contribution in [0.3, 0.4) is 0 Å². The van der Waals surface area contributed by atoms with Gasteiger partial charge in [0.05, 0.1) is 45.2 Å². The average Bonchev–Trinajstić information content (AvgIpc) is 3.06. The summed E-state index contributed by atoms with van der Waals surface area (Å²) in [5, 5.41) is 9.83. The number of benzene rings is 1. The van der Waals surface area contributed by atoms with Crippen LogP contribution in [0.15, 0.2) is 47.4 Å². The smallest absolute Gasteiger partial charge is 0.356 e. The molecule has 1 aromatic carbocycles. The Labute approximate surface area is 276 Å². The zero-order chi connectivity index (χ0) is 33.3. The lowest BCUT2D eigenvalue weighted by molar-refractivity contribution is 0.00663. The second kappa shape index (κ2) is 25.0. The van der Waals surface area contributed by atoms with Crippen molar-refractivity contribution in [3.05, 3.63) is 58.6 Å². The average molecular weight is 666 g/mol. The first-order valence-corrected chi connectivity index (χ1v) is 19.2. The molecule has 1 unspecified atom stereocenters. The summed E-state index contributed by atoms with van der Waals surface area (Å²) in [6.45, 7) is 4.33. The zero-order valence-electron chi connectivity index (χ0n) is 28.4. The predicted molar refractivity (Wildman–Crippen MR) is 185 cm³/mol. The van der Waals surface area contributed by atoms with Crippen molar-refractivity contribution in [2.75, 3.05) is 31.9 Å². The lowest BCUT2D eigenvalue weighted by Gasteiger charge is -2.23. The van der Waals surface area contributed by atoms with Gasteiger partial charge in [-0.1, -0.05) is 127 Å². The minimum absolute atomic E-state index is 0.00117. The summed E-state index contributed by atoms with van der Waals surface area (Å²) < 4.78 is 38.0. The molecule has 0 saturated carbocycles. The van der Waals surface area contributed by atoms with Crippen molar-refractivity contribution in [1.29, 1.82) is 0 Å². The van der Waals surface area contributed by atoms with E-state index in [-0.39, 0.29) is 38.3 Å². The highest BCUT2D eigenvalue weighted by Crippen LogP contribution is 2.49. The summed E-state index contributed by atoms with van der Waals surface area (Å²) in [6.07, 6.45) is 20.0. The van der Waals surface area contributed by atoms with E-state index in [1.54, 1.807) is 0 Å². The number of aliphatic hydroxyl groups is 1. The molecule has 0 aliphatic rings. The Balaban J connectivity index is 1.65. The van der Waals surface area contributed by atoms with Gasteiger partial charge in [-0.15, -0.1) is 0 Å². The number of anilines is 1. The van der Waals surface area contributed by atoms with E-state index in [4.69, 9.17) is 24.3 Å². The number of nitrogens with two attached hydrogens (primary N) is 1.